The predicted molar refractivity (Wildman–Crippen MR) is 118 cm³/mol. The van der Waals surface area contributed by atoms with Crippen LogP contribution in [0.3, 0.4) is 0 Å². The maximum Gasteiger partial charge on any atom is 0.411 e. The monoisotopic (exact) mass is 519 g/mol. The van der Waals surface area contributed by atoms with E-state index in [1.165, 1.54) is 30.5 Å². The summed E-state index contributed by atoms with van der Waals surface area (Å²) in [6, 6.07) is 6.84. The predicted octanol–water partition coefficient (Wildman–Crippen LogP) is 4.86. The molecule has 0 spiro atoms. The van der Waals surface area contributed by atoms with E-state index in [0.29, 0.717) is 10.6 Å². The Morgan fingerprint density at radius 1 is 1.29 bits per heavy atom. The van der Waals surface area contributed by atoms with Gasteiger partial charge < -0.3 is 10.5 Å². The Morgan fingerprint density at radius 3 is 2.71 bits per heavy atom. The minimum Gasteiger partial charge on any atom is -0.378 e. The molecular formula is C22H19ClF5N3O2S. The minimum absolute atomic E-state index is 0.0618. The number of ketones is 1. The molecule has 1 fully saturated rings. The second kappa shape index (κ2) is 9.09. The van der Waals surface area contributed by atoms with Crippen LogP contribution in [-0.2, 0) is 16.7 Å². The third-order valence-corrected chi connectivity index (χ3v) is 7.41. The number of hydrogen-bond donors (Lipinski definition) is 1. The van der Waals surface area contributed by atoms with Crippen molar-refractivity contribution in [2.24, 2.45) is 16.6 Å². The fraction of sp³-hybridized carbons (Fsp3) is 0.409. The summed E-state index contributed by atoms with van der Waals surface area (Å²) in [4.78, 5) is 20.8. The van der Waals surface area contributed by atoms with Crippen LogP contribution in [0.5, 0.6) is 0 Å². The van der Waals surface area contributed by atoms with Gasteiger partial charge in [-0.2, -0.15) is 13.2 Å². The summed E-state index contributed by atoms with van der Waals surface area (Å²) in [7, 11) is 0. The normalized spacial score (nSPS) is 26.1. The van der Waals surface area contributed by atoms with E-state index in [-0.39, 0.29) is 41.7 Å². The van der Waals surface area contributed by atoms with Gasteiger partial charge in [0.1, 0.15) is 30.3 Å². The lowest BCUT2D eigenvalue weighted by Crippen LogP contribution is -2.41. The number of nitrogens with zero attached hydrogens (tertiary/aromatic N) is 2. The summed E-state index contributed by atoms with van der Waals surface area (Å²) in [6.45, 7) is -2.90. The molecule has 2 heterocycles. The molecule has 2 aliphatic rings. The molecule has 0 amide bonds. The minimum atomic E-state index is -4.51. The first-order chi connectivity index (χ1) is 16.0. The smallest absolute Gasteiger partial charge is 0.378 e. The molecule has 2 N–H and O–H groups in total. The molecule has 1 saturated carbocycles. The molecule has 4 rings (SSSR count). The Kier molecular flexibility index (Phi) is 6.65. The number of carbonyl (C=O) groups is 1. The lowest BCUT2D eigenvalue weighted by atomic mass is 9.83. The highest BCUT2D eigenvalue weighted by Gasteiger charge is 2.68. The van der Waals surface area contributed by atoms with Crippen molar-refractivity contribution in [3.63, 3.8) is 0 Å². The molecule has 1 aliphatic heterocycles. The molecule has 1 aromatic carbocycles. The van der Waals surface area contributed by atoms with Gasteiger partial charge >= 0.3 is 6.18 Å². The van der Waals surface area contributed by atoms with Crippen LogP contribution in [-0.4, -0.2) is 46.7 Å². The maximum absolute atomic E-state index is 15.0. The average Bonchev–Trinajstić information content (AvgIpc) is 3.48. The molecule has 34 heavy (non-hydrogen) atoms. The Labute approximate surface area is 200 Å². The van der Waals surface area contributed by atoms with Crippen LogP contribution >= 0.6 is 23.4 Å². The molecule has 1 aromatic heterocycles. The van der Waals surface area contributed by atoms with Gasteiger partial charge in [0.05, 0.1) is 16.4 Å². The zero-order valence-electron chi connectivity index (χ0n) is 17.5. The lowest BCUT2D eigenvalue weighted by Gasteiger charge is -2.35. The van der Waals surface area contributed by atoms with E-state index >= 15 is 0 Å². The number of rotatable bonds is 8. The van der Waals surface area contributed by atoms with Crippen LogP contribution in [0.25, 0.3) is 0 Å². The summed E-state index contributed by atoms with van der Waals surface area (Å²) in [5.74, 6) is -1.74. The van der Waals surface area contributed by atoms with Gasteiger partial charge in [0.2, 0.25) is 0 Å². The summed E-state index contributed by atoms with van der Waals surface area (Å²) < 4.78 is 71.0. The van der Waals surface area contributed by atoms with Crippen LogP contribution < -0.4 is 5.73 Å². The number of pyridine rings is 1. The number of hydrogen-bond acceptors (Lipinski definition) is 6. The first-order valence-corrected chi connectivity index (χ1v) is 11.4. The van der Waals surface area contributed by atoms with E-state index in [4.69, 9.17) is 22.1 Å². The van der Waals surface area contributed by atoms with Gasteiger partial charge in [0, 0.05) is 24.1 Å². The number of fused-ring (bicyclic) bond motifs is 1. The Bertz CT molecular complexity index is 1130. The van der Waals surface area contributed by atoms with Crippen molar-refractivity contribution < 1.29 is 31.5 Å². The first-order valence-electron chi connectivity index (χ1n) is 10.2. The molecule has 0 saturated heterocycles. The molecular weight excluding hydrogens is 501 g/mol. The second-order valence-corrected chi connectivity index (χ2v) is 10.2. The summed E-state index contributed by atoms with van der Waals surface area (Å²) >= 11 is 6.80. The van der Waals surface area contributed by atoms with Gasteiger partial charge in [-0.25, -0.2) is 13.8 Å². The molecule has 1 aliphatic carbocycles. The van der Waals surface area contributed by atoms with Crippen LogP contribution in [0.4, 0.5) is 22.0 Å². The maximum atomic E-state index is 15.0. The Morgan fingerprint density at radius 2 is 2.06 bits per heavy atom. The highest BCUT2D eigenvalue weighted by atomic mass is 35.5. The molecule has 2 aromatic rings. The fourth-order valence-corrected chi connectivity index (χ4v) is 5.78. The van der Waals surface area contributed by atoms with E-state index < -0.39 is 41.5 Å². The first kappa shape index (κ1) is 24.9. The summed E-state index contributed by atoms with van der Waals surface area (Å²) in [5, 5.41) is 0.302. The third kappa shape index (κ3) is 4.92. The van der Waals surface area contributed by atoms with Gasteiger partial charge in [0.25, 0.3) is 0 Å². The largest absolute Gasteiger partial charge is 0.411 e. The molecule has 182 valence electrons. The van der Waals surface area contributed by atoms with Crippen molar-refractivity contribution in [2.75, 3.05) is 19.9 Å². The van der Waals surface area contributed by atoms with Crippen molar-refractivity contribution in [3.05, 3.63) is 64.2 Å². The van der Waals surface area contributed by atoms with Crippen molar-refractivity contribution in [3.8, 4) is 0 Å². The van der Waals surface area contributed by atoms with E-state index in [0.717, 1.165) is 17.8 Å². The molecule has 0 unspecified atom stereocenters. The molecule has 5 nitrogen and oxygen atoms in total. The quantitative estimate of drug-likeness (QED) is 0.398. The number of aliphatic imine (C=N–C) groups is 1. The summed E-state index contributed by atoms with van der Waals surface area (Å²) in [6.07, 6.45) is -3.07. The number of alkyl halides is 4. The molecule has 3 atom stereocenters. The van der Waals surface area contributed by atoms with Crippen LogP contribution in [0.2, 0.25) is 5.02 Å². The number of thioether (sulfide) groups is 1. The number of carbonyl (C=O) groups excluding carboxylic acids is 1. The number of halogens is 6. The van der Waals surface area contributed by atoms with Crippen LogP contribution in [0, 0.1) is 11.7 Å². The molecule has 0 radical (unpaired) electrons. The van der Waals surface area contributed by atoms with E-state index in [2.05, 4.69) is 9.98 Å². The molecule has 0 bridgehead atoms. The zero-order chi connectivity index (χ0) is 24.7. The number of Topliss-reactive ketones (excluding diaryl/α,β-unsaturated/α-hetero) is 1. The molecule has 12 heteroatoms. The zero-order valence-corrected chi connectivity index (χ0v) is 19.1. The number of nitrogens with two attached hydrogens (primary N) is 1. The van der Waals surface area contributed by atoms with Crippen LogP contribution in [0.15, 0.2) is 41.5 Å². The van der Waals surface area contributed by atoms with Gasteiger partial charge in [-0.15, -0.1) is 0 Å². The van der Waals surface area contributed by atoms with E-state index in [9.17, 15) is 26.7 Å². The van der Waals surface area contributed by atoms with Crippen molar-refractivity contribution >= 4 is 34.3 Å². The number of benzene rings is 1. The number of aromatic nitrogens is 1. The van der Waals surface area contributed by atoms with Crippen molar-refractivity contribution in [1.29, 1.82) is 0 Å². The highest BCUT2D eigenvalue weighted by Crippen LogP contribution is 2.66. The van der Waals surface area contributed by atoms with E-state index in [1.54, 1.807) is 0 Å². The van der Waals surface area contributed by atoms with Gasteiger partial charge in [-0.05, 0) is 36.2 Å². The standard InChI is InChI=1S/C22H19ClF5N3O2S/c23-13-2-4-16(30-8-13)17(32)6-12-1-3-15(25)14(5-12)21(9-24)18-7-20(18,34-19(29)31-21)10-33-11-22(26,27)28/h1-5,8,18H,6-7,9-11H2,(H2,29,31)/t18-,20-,21-/m1/s1. The lowest BCUT2D eigenvalue weighted by molar-refractivity contribution is -0.174. The van der Waals surface area contributed by atoms with Crippen molar-refractivity contribution in [1.82, 2.24) is 4.98 Å². The second-order valence-electron chi connectivity index (χ2n) is 8.32. The highest BCUT2D eigenvalue weighted by molar-refractivity contribution is 8.15. The van der Waals surface area contributed by atoms with E-state index in [1.807, 2.05) is 0 Å². The fourth-order valence-electron chi connectivity index (χ4n) is 4.31. The third-order valence-electron chi connectivity index (χ3n) is 5.91. The Hall–Kier alpha value is -2.24. The number of amidine groups is 1. The van der Waals surface area contributed by atoms with Crippen LogP contribution in [0.1, 0.15) is 28.0 Å². The van der Waals surface area contributed by atoms with Crippen molar-refractivity contribution in [2.45, 2.75) is 29.3 Å². The summed E-state index contributed by atoms with van der Waals surface area (Å²) in [5.41, 5.74) is 4.65. The van der Waals surface area contributed by atoms with Gasteiger partial charge in [0.15, 0.2) is 11.0 Å². The van der Waals surface area contributed by atoms with Gasteiger partial charge in [-0.3, -0.25) is 9.78 Å². The number of ether oxygens (including phenoxy) is 1. The van der Waals surface area contributed by atoms with Gasteiger partial charge in [-0.1, -0.05) is 29.4 Å². The Balaban J connectivity index is 1.61. The SMILES string of the molecule is NC1=N[C@](CF)(c2cc(CC(=O)c3ccc(Cl)cn3)ccc2F)[C@@H]2C[C@]2(COCC(F)(F)F)S1. The topological polar surface area (TPSA) is 77.6 Å². The average molecular weight is 520 g/mol.